The maximum Gasteiger partial charge on any atom is 0.243 e. The first-order chi connectivity index (χ1) is 12.3. The lowest BCUT2D eigenvalue weighted by molar-refractivity contribution is -0.114. The van der Waals surface area contributed by atoms with Gasteiger partial charge >= 0.3 is 0 Å². The third-order valence-electron chi connectivity index (χ3n) is 4.98. The molecule has 2 aromatic rings. The van der Waals surface area contributed by atoms with Crippen LogP contribution in [0.25, 0.3) is 10.8 Å². The standard InChI is InChI=1S/C19H25N3O3S.ClH/c1-13(20)15-6-5-11-22(12-15)26(24,25)19-10-9-18(21-14(2)23)16-7-3-4-8-17(16)19;/h3-4,7-10,13,15H,5-6,11-12,20H2,1-2H3,(H,21,23);1H. The summed E-state index contributed by atoms with van der Waals surface area (Å²) in [5, 5.41) is 4.09. The van der Waals surface area contributed by atoms with Crippen LogP contribution in [0.4, 0.5) is 5.69 Å². The molecule has 1 aliphatic heterocycles. The summed E-state index contributed by atoms with van der Waals surface area (Å²) < 4.78 is 28.1. The second-order valence-corrected chi connectivity index (χ2v) is 8.87. The van der Waals surface area contributed by atoms with Gasteiger partial charge in [0.15, 0.2) is 0 Å². The number of fused-ring (bicyclic) bond motifs is 1. The van der Waals surface area contributed by atoms with Gasteiger partial charge in [0.25, 0.3) is 0 Å². The summed E-state index contributed by atoms with van der Waals surface area (Å²) in [5.74, 6) is -0.0231. The minimum Gasteiger partial charge on any atom is -0.328 e. The molecule has 2 unspecified atom stereocenters. The van der Waals surface area contributed by atoms with Crippen molar-refractivity contribution in [2.24, 2.45) is 11.7 Å². The molecule has 0 aliphatic carbocycles. The molecular formula is C19H26ClN3O3S. The lowest BCUT2D eigenvalue weighted by atomic mass is 9.93. The van der Waals surface area contributed by atoms with Gasteiger partial charge in [-0.25, -0.2) is 8.42 Å². The Morgan fingerprint density at radius 3 is 2.52 bits per heavy atom. The van der Waals surface area contributed by atoms with Crippen molar-refractivity contribution >= 4 is 44.8 Å². The van der Waals surface area contributed by atoms with Crippen LogP contribution in [-0.4, -0.2) is 37.8 Å². The summed E-state index contributed by atoms with van der Waals surface area (Å²) in [6.07, 6.45) is 1.76. The fourth-order valence-corrected chi connectivity index (χ4v) is 5.29. The number of nitrogens with two attached hydrogens (primary N) is 1. The first kappa shape index (κ1) is 21.6. The number of anilines is 1. The fraction of sp³-hybridized carbons (Fsp3) is 0.421. The number of carbonyl (C=O) groups excluding carboxylic acids is 1. The molecule has 148 valence electrons. The highest BCUT2D eigenvalue weighted by Crippen LogP contribution is 2.33. The van der Waals surface area contributed by atoms with Gasteiger partial charge in [0.05, 0.1) is 4.90 Å². The van der Waals surface area contributed by atoms with Gasteiger partial charge in [-0.15, -0.1) is 12.4 Å². The lowest BCUT2D eigenvalue weighted by Crippen LogP contribution is -2.45. The molecule has 1 saturated heterocycles. The lowest BCUT2D eigenvalue weighted by Gasteiger charge is -2.34. The quantitative estimate of drug-likeness (QED) is 0.808. The van der Waals surface area contributed by atoms with Gasteiger partial charge in [-0.1, -0.05) is 24.3 Å². The summed E-state index contributed by atoms with van der Waals surface area (Å²) in [6.45, 7) is 4.31. The van der Waals surface area contributed by atoms with Crippen LogP contribution in [0.3, 0.4) is 0 Å². The zero-order valence-corrected chi connectivity index (χ0v) is 17.1. The van der Waals surface area contributed by atoms with Gasteiger partial charge in [0.2, 0.25) is 15.9 Å². The molecule has 27 heavy (non-hydrogen) atoms. The van der Waals surface area contributed by atoms with E-state index in [1.165, 1.54) is 6.92 Å². The molecule has 0 saturated carbocycles. The zero-order chi connectivity index (χ0) is 18.9. The van der Waals surface area contributed by atoms with E-state index in [0.717, 1.165) is 12.8 Å². The molecule has 0 aromatic heterocycles. The number of rotatable bonds is 4. The third-order valence-corrected chi connectivity index (χ3v) is 6.90. The van der Waals surface area contributed by atoms with Crippen LogP contribution in [0.15, 0.2) is 41.3 Å². The zero-order valence-electron chi connectivity index (χ0n) is 15.5. The highest BCUT2D eigenvalue weighted by atomic mass is 35.5. The minimum absolute atomic E-state index is 0. The Morgan fingerprint density at radius 2 is 1.89 bits per heavy atom. The normalized spacial score (nSPS) is 19.3. The van der Waals surface area contributed by atoms with Gasteiger partial charge in [-0.2, -0.15) is 4.31 Å². The van der Waals surface area contributed by atoms with Crippen molar-refractivity contribution in [1.29, 1.82) is 0 Å². The van der Waals surface area contributed by atoms with E-state index in [2.05, 4.69) is 5.32 Å². The largest absolute Gasteiger partial charge is 0.328 e. The monoisotopic (exact) mass is 411 g/mol. The summed E-state index contributed by atoms with van der Waals surface area (Å²) in [7, 11) is -3.64. The predicted molar refractivity (Wildman–Crippen MR) is 111 cm³/mol. The topological polar surface area (TPSA) is 92.5 Å². The van der Waals surface area contributed by atoms with Crippen molar-refractivity contribution in [3.05, 3.63) is 36.4 Å². The first-order valence-corrected chi connectivity index (χ1v) is 10.3. The number of benzene rings is 2. The predicted octanol–water partition coefficient (Wildman–Crippen LogP) is 2.97. The Balaban J connectivity index is 0.00000261. The smallest absolute Gasteiger partial charge is 0.243 e. The second-order valence-electron chi connectivity index (χ2n) is 6.96. The minimum atomic E-state index is -3.64. The molecule has 0 spiro atoms. The van der Waals surface area contributed by atoms with Crippen molar-refractivity contribution < 1.29 is 13.2 Å². The molecule has 2 aromatic carbocycles. The van der Waals surface area contributed by atoms with E-state index in [1.54, 1.807) is 28.6 Å². The van der Waals surface area contributed by atoms with Crippen LogP contribution < -0.4 is 11.1 Å². The van der Waals surface area contributed by atoms with Crippen LogP contribution in [-0.2, 0) is 14.8 Å². The molecule has 8 heteroatoms. The van der Waals surface area contributed by atoms with Crippen LogP contribution in [0.1, 0.15) is 26.7 Å². The SMILES string of the molecule is CC(=O)Nc1ccc(S(=O)(=O)N2CCCC(C(C)N)C2)c2ccccc12.Cl. The van der Waals surface area contributed by atoms with Crippen LogP contribution >= 0.6 is 12.4 Å². The van der Waals surface area contributed by atoms with Crippen molar-refractivity contribution in [2.45, 2.75) is 37.6 Å². The molecule has 2 atom stereocenters. The van der Waals surface area contributed by atoms with Crippen LogP contribution in [0, 0.1) is 5.92 Å². The van der Waals surface area contributed by atoms with E-state index in [9.17, 15) is 13.2 Å². The fourth-order valence-electron chi connectivity index (χ4n) is 3.56. The summed E-state index contributed by atoms with van der Waals surface area (Å²) in [4.78, 5) is 11.7. The number of sulfonamides is 1. The van der Waals surface area contributed by atoms with Gasteiger partial charge in [0, 0.05) is 42.5 Å². The number of hydrogen-bond donors (Lipinski definition) is 2. The second kappa shape index (κ2) is 8.56. The maximum atomic E-state index is 13.3. The van der Waals surface area contributed by atoms with Crippen LogP contribution in [0.5, 0.6) is 0 Å². The van der Waals surface area contributed by atoms with E-state index < -0.39 is 10.0 Å². The van der Waals surface area contributed by atoms with E-state index in [1.807, 2.05) is 19.1 Å². The Morgan fingerprint density at radius 1 is 1.22 bits per heavy atom. The molecule has 0 bridgehead atoms. The average Bonchev–Trinajstić information content (AvgIpc) is 2.61. The summed E-state index contributed by atoms with van der Waals surface area (Å²) in [5.41, 5.74) is 6.62. The molecule has 1 heterocycles. The summed E-state index contributed by atoms with van der Waals surface area (Å²) in [6, 6.07) is 10.4. The van der Waals surface area contributed by atoms with Gasteiger partial charge < -0.3 is 11.1 Å². The molecule has 0 radical (unpaired) electrons. The average molecular weight is 412 g/mol. The molecule has 1 aliphatic rings. The maximum absolute atomic E-state index is 13.3. The van der Waals surface area contributed by atoms with Gasteiger partial charge in [0.1, 0.15) is 0 Å². The van der Waals surface area contributed by atoms with E-state index in [0.29, 0.717) is 29.5 Å². The highest BCUT2D eigenvalue weighted by molar-refractivity contribution is 7.89. The number of nitrogens with zero attached hydrogens (tertiary/aromatic N) is 1. The molecule has 3 rings (SSSR count). The molecule has 1 fully saturated rings. The van der Waals surface area contributed by atoms with Crippen molar-refractivity contribution in [1.82, 2.24) is 4.31 Å². The Hall–Kier alpha value is -1.67. The van der Waals surface area contributed by atoms with E-state index in [4.69, 9.17) is 5.73 Å². The van der Waals surface area contributed by atoms with E-state index >= 15 is 0 Å². The number of halogens is 1. The molecule has 3 N–H and O–H groups in total. The molecular weight excluding hydrogens is 386 g/mol. The number of amides is 1. The Labute approximate surface area is 166 Å². The molecule has 6 nitrogen and oxygen atoms in total. The molecule has 1 amide bonds. The van der Waals surface area contributed by atoms with Gasteiger partial charge in [-0.05, 0) is 37.8 Å². The third kappa shape index (κ3) is 4.43. The number of nitrogens with one attached hydrogen (secondary N) is 1. The highest BCUT2D eigenvalue weighted by Gasteiger charge is 2.32. The van der Waals surface area contributed by atoms with Gasteiger partial charge in [-0.3, -0.25) is 4.79 Å². The van der Waals surface area contributed by atoms with Crippen LogP contribution in [0.2, 0.25) is 0 Å². The number of carbonyl (C=O) groups is 1. The van der Waals surface area contributed by atoms with Crippen molar-refractivity contribution in [3.63, 3.8) is 0 Å². The Kier molecular flexibility index (Phi) is 6.86. The van der Waals surface area contributed by atoms with Crippen molar-refractivity contribution in [3.8, 4) is 0 Å². The summed E-state index contributed by atoms with van der Waals surface area (Å²) >= 11 is 0. The number of hydrogen-bond acceptors (Lipinski definition) is 4. The first-order valence-electron chi connectivity index (χ1n) is 8.86. The number of piperidine rings is 1. The van der Waals surface area contributed by atoms with Crippen molar-refractivity contribution in [2.75, 3.05) is 18.4 Å². The Bertz CT molecular complexity index is 931. The van der Waals surface area contributed by atoms with E-state index in [-0.39, 0.29) is 35.2 Å².